The molecule has 2 amide bonds. The highest BCUT2D eigenvalue weighted by Gasteiger charge is 2.29. The number of rotatable bonds is 4. The number of amides is 2. The summed E-state index contributed by atoms with van der Waals surface area (Å²) in [6.45, 7) is 0. The van der Waals surface area contributed by atoms with Gasteiger partial charge in [-0.15, -0.1) is 0 Å². The highest BCUT2D eigenvalue weighted by molar-refractivity contribution is 5.89. The van der Waals surface area contributed by atoms with Gasteiger partial charge < -0.3 is 19.9 Å². The smallest absolute Gasteiger partial charge is 0.319 e. The Kier molecular flexibility index (Phi) is 4.27. The molecule has 1 fully saturated rings. The third kappa shape index (κ3) is 3.21. The van der Waals surface area contributed by atoms with Crippen molar-refractivity contribution in [2.45, 2.75) is 31.3 Å². The second-order valence-electron chi connectivity index (χ2n) is 5.44. The quantitative estimate of drug-likeness (QED) is 0.912. The fourth-order valence-corrected chi connectivity index (χ4v) is 2.94. The van der Waals surface area contributed by atoms with E-state index < -0.39 is 0 Å². The Hall–Kier alpha value is -2.50. The van der Waals surface area contributed by atoms with E-state index in [4.69, 9.17) is 4.74 Å². The van der Waals surface area contributed by atoms with Gasteiger partial charge in [0.05, 0.1) is 25.5 Å². The fraction of sp³-hybridized carbons (Fsp3) is 0.375. The lowest BCUT2D eigenvalue weighted by Crippen LogP contribution is -2.40. The van der Waals surface area contributed by atoms with Gasteiger partial charge in [0, 0.05) is 18.1 Å². The van der Waals surface area contributed by atoms with Crippen LogP contribution in [0.25, 0.3) is 0 Å². The lowest BCUT2D eigenvalue weighted by molar-refractivity contribution is 0.245. The van der Waals surface area contributed by atoms with Crippen LogP contribution < -0.4 is 15.4 Å². The molecule has 0 radical (unpaired) electrons. The first-order chi connectivity index (χ1) is 10.8. The van der Waals surface area contributed by atoms with Gasteiger partial charge in [0.1, 0.15) is 5.75 Å². The van der Waals surface area contributed by atoms with Crippen molar-refractivity contribution in [2.24, 2.45) is 0 Å². The normalized spacial score (nSPS) is 20.6. The van der Waals surface area contributed by atoms with Crippen molar-refractivity contribution < 1.29 is 9.53 Å². The Bertz CT molecular complexity index is 610. The molecule has 1 aromatic carbocycles. The number of hydrogen-bond donors (Lipinski definition) is 2. The van der Waals surface area contributed by atoms with Gasteiger partial charge >= 0.3 is 6.03 Å². The maximum Gasteiger partial charge on any atom is 0.319 e. The minimum atomic E-state index is -0.179. The van der Waals surface area contributed by atoms with Crippen molar-refractivity contribution in [2.75, 3.05) is 12.4 Å². The van der Waals surface area contributed by atoms with Gasteiger partial charge in [-0.25, -0.2) is 9.78 Å². The summed E-state index contributed by atoms with van der Waals surface area (Å²) in [5.74, 6) is 0.766. The number of urea groups is 1. The van der Waals surface area contributed by atoms with Crippen molar-refractivity contribution in [1.82, 2.24) is 14.9 Å². The number of nitrogens with one attached hydrogen (secondary N) is 2. The molecule has 116 valence electrons. The summed E-state index contributed by atoms with van der Waals surface area (Å²) in [7, 11) is 1.62. The number of methoxy groups -OCH3 is 1. The summed E-state index contributed by atoms with van der Waals surface area (Å²) in [6, 6.07) is 7.51. The van der Waals surface area contributed by atoms with E-state index >= 15 is 0 Å². The number of carbonyl (C=O) groups excluding carboxylic acids is 1. The SMILES string of the molecule is COc1ccc(NC(=O)N[C@H]2CCC[C@H]2n2ccnc2)cc1. The summed E-state index contributed by atoms with van der Waals surface area (Å²) in [5.41, 5.74) is 0.746. The predicted molar refractivity (Wildman–Crippen MR) is 84.1 cm³/mol. The number of anilines is 1. The molecule has 1 aliphatic carbocycles. The molecule has 2 N–H and O–H groups in total. The Labute approximate surface area is 129 Å². The van der Waals surface area contributed by atoms with Gasteiger partial charge in [-0.1, -0.05) is 0 Å². The number of imidazole rings is 1. The van der Waals surface area contributed by atoms with Crippen molar-refractivity contribution >= 4 is 11.7 Å². The minimum Gasteiger partial charge on any atom is -0.497 e. The molecule has 3 rings (SSSR count). The van der Waals surface area contributed by atoms with Crippen LogP contribution in [0.2, 0.25) is 0 Å². The van der Waals surface area contributed by atoms with E-state index in [1.807, 2.05) is 36.8 Å². The third-order valence-corrected chi connectivity index (χ3v) is 4.05. The lowest BCUT2D eigenvalue weighted by Gasteiger charge is -2.22. The van der Waals surface area contributed by atoms with Crippen LogP contribution in [0.1, 0.15) is 25.3 Å². The van der Waals surface area contributed by atoms with Crippen LogP contribution in [0.5, 0.6) is 5.75 Å². The zero-order valence-electron chi connectivity index (χ0n) is 12.5. The van der Waals surface area contributed by atoms with Crippen molar-refractivity contribution in [3.05, 3.63) is 43.0 Å². The zero-order valence-corrected chi connectivity index (χ0v) is 12.5. The molecule has 22 heavy (non-hydrogen) atoms. The molecule has 0 bridgehead atoms. The van der Waals surface area contributed by atoms with E-state index in [9.17, 15) is 4.79 Å². The second kappa shape index (κ2) is 6.51. The molecule has 1 aromatic heterocycles. The first-order valence-corrected chi connectivity index (χ1v) is 7.45. The van der Waals surface area contributed by atoms with Crippen molar-refractivity contribution in [1.29, 1.82) is 0 Å². The van der Waals surface area contributed by atoms with Crippen LogP contribution in [0.15, 0.2) is 43.0 Å². The first kappa shape index (κ1) is 14.4. The Morgan fingerprint density at radius 2 is 2.14 bits per heavy atom. The Morgan fingerprint density at radius 1 is 1.32 bits per heavy atom. The predicted octanol–water partition coefficient (Wildman–Crippen LogP) is 2.81. The minimum absolute atomic E-state index is 0.132. The summed E-state index contributed by atoms with van der Waals surface area (Å²) >= 11 is 0. The molecule has 0 unspecified atom stereocenters. The molecule has 1 saturated carbocycles. The topological polar surface area (TPSA) is 68.2 Å². The molecule has 1 heterocycles. The summed E-state index contributed by atoms with van der Waals surface area (Å²) in [5, 5.41) is 5.92. The maximum absolute atomic E-state index is 12.2. The van der Waals surface area contributed by atoms with Crippen LogP contribution in [-0.2, 0) is 0 Å². The van der Waals surface area contributed by atoms with Gasteiger partial charge in [-0.05, 0) is 43.5 Å². The molecule has 0 aliphatic heterocycles. The van der Waals surface area contributed by atoms with Gasteiger partial charge in [-0.3, -0.25) is 0 Å². The number of hydrogen-bond acceptors (Lipinski definition) is 3. The Balaban J connectivity index is 1.58. The first-order valence-electron chi connectivity index (χ1n) is 7.45. The van der Waals surface area contributed by atoms with Gasteiger partial charge in [-0.2, -0.15) is 0 Å². The Morgan fingerprint density at radius 3 is 2.82 bits per heavy atom. The van der Waals surface area contributed by atoms with Crippen molar-refractivity contribution in [3.63, 3.8) is 0 Å². The fourth-order valence-electron chi connectivity index (χ4n) is 2.94. The molecule has 1 aliphatic rings. The maximum atomic E-state index is 12.2. The number of nitrogens with zero attached hydrogens (tertiary/aromatic N) is 2. The average molecular weight is 300 g/mol. The number of carbonyl (C=O) groups is 1. The van der Waals surface area contributed by atoms with E-state index in [0.29, 0.717) is 0 Å². The van der Waals surface area contributed by atoms with Crippen LogP contribution >= 0.6 is 0 Å². The molecular formula is C16H20N4O2. The van der Waals surface area contributed by atoms with Crippen LogP contribution in [0, 0.1) is 0 Å². The number of benzene rings is 1. The van der Waals surface area contributed by atoms with Crippen LogP contribution in [-0.4, -0.2) is 28.7 Å². The van der Waals surface area contributed by atoms with E-state index in [1.165, 1.54) is 0 Å². The van der Waals surface area contributed by atoms with Gasteiger partial charge in [0.2, 0.25) is 0 Å². The van der Waals surface area contributed by atoms with E-state index in [0.717, 1.165) is 30.7 Å². The summed E-state index contributed by atoms with van der Waals surface area (Å²) in [4.78, 5) is 16.2. The molecular weight excluding hydrogens is 280 g/mol. The van der Waals surface area contributed by atoms with E-state index in [2.05, 4.69) is 20.2 Å². The summed E-state index contributed by atoms with van der Waals surface area (Å²) in [6.07, 6.45) is 8.68. The molecule has 0 spiro atoms. The van der Waals surface area contributed by atoms with Gasteiger partial charge in [0.25, 0.3) is 0 Å². The second-order valence-corrected chi connectivity index (χ2v) is 5.44. The average Bonchev–Trinajstić information content (AvgIpc) is 3.18. The monoisotopic (exact) mass is 300 g/mol. The molecule has 6 heteroatoms. The molecule has 2 aromatic rings. The summed E-state index contributed by atoms with van der Waals surface area (Å²) < 4.78 is 7.17. The van der Waals surface area contributed by atoms with Crippen LogP contribution in [0.3, 0.4) is 0 Å². The lowest BCUT2D eigenvalue weighted by atomic mass is 10.2. The number of ether oxygens (including phenoxy) is 1. The standard InChI is InChI=1S/C16H20N4O2/c1-22-13-7-5-12(6-8-13)18-16(21)19-14-3-2-4-15(14)20-10-9-17-11-20/h5-11,14-15H,2-4H2,1H3,(H2,18,19,21)/t14-,15+/m0/s1. The highest BCUT2D eigenvalue weighted by atomic mass is 16.5. The third-order valence-electron chi connectivity index (χ3n) is 4.05. The number of aromatic nitrogens is 2. The highest BCUT2D eigenvalue weighted by Crippen LogP contribution is 2.29. The molecule has 2 atom stereocenters. The van der Waals surface area contributed by atoms with E-state index in [1.54, 1.807) is 13.3 Å². The largest absolute Gasteiger partial charge is 0.497 e. The molecule has 0 saturated heterocycles. The zero-order chi connectivity index (χ0) is 15.4. The van der Waals surface area contributed by atoms with E-state index in [-0.39, 0.29) is 18.1 Å². The van der Waals surface area contributed by atoms with Gasteiger partial charge in [0.15, 0.2) is 0 Å². The van der Waals surface area contributed by atoms with Crippen molar-refractivity contribution in [3.8, 4) is 5.75 Å². The molecule has 6 nitrogen and oxygen atoms in total. The van der Waals surface area contributed by atoms with Crippen LogP contribution in [0.4, 0.5) is 10.5 Å².